The predicted molar refractivity (Wildman–Crippen MR) is 160 cm³/mol. The van der Waals surface area contributed by atoms with E-state index in [1.807, 2.05) is 42.5 Å². The Balaban J connectivity index is 1.57. The van der Waals surface area contributed by atoms with E-state index < -0.39 is 23.9 Å². The number of carbonyl (C=O) groups excluding carboxylic acids is 1. The van der Waals surface area contributed by atoms with E-state index in [1.54, 1.807) is 26.0 Å². The zero-order valence-corrected chi connectivity index (χ0v) is 24.6. The summed E-state index contributed by atoms with van der Waals surface area (Å²) < 4.78 is 53.9. The molecule has 1 unspecified atom stereocenters. The van der Waals surface area contributed by atoms with Gasteiger partial charge in [0, 0.05) is 34.6 Å². The Morgan fingerprint density at radius 3 is 2.53 bits per heavy atom. The largest absolute Gasteiger partial charge is 0.493 e. The van der Waals surface area contributed by atoms with Crippen molar-refractivity contribution in [3.8, 4) is 16.9 Å². The molecule has 0 bridgehead atoms. The number of rotatable bonds is 10. The minimum Gasteiger partial charge on any atom is -0.493 e. The summed E-state index contributed by atoms with van der Waals surface area (Å²) >= 11 is 6.66. The van der Waals surface area contributed by atoms with Gasteiger partial charge in [0.2, 0.25) is 0 Å². The van der Waals surface area contributed by atoms with Crippen molar-refractivity contribution in [1.82, 2.24) is 14.8 Å². The van der Waals surface area contributed by atoms with Crippen LogP contribution in [0.2, 0.25) is 5.02 Å². The normalized spacial score (nSPS) is 12.7. The summed E-state index contributed by atoms with van der Waals surface area (Å²) in [5.74, 6) is 0.152. The number of halogens is 4. The number of nitrogens with zero attached hydrogens (tertiary/aromatic N) is 2. The molecule has 0 aliphatic carbocycles. The number of H-pyrrole nitrogens is 1. The summed E-state index contributed by atoms with van der Waals surface area (Å²) in [6.45, 7) is 3.96. The fraction of sp³-hybridized carbons (Fsp3) is 0.312. The number of aromatic amines is 1. The van der Waals surface area contributed by atoms with Gasteiger partial charge >= 0.3 is 12.1 Å². The van der Waals surface area contributed by atoms with E-state index in [4.69, 9.17) is 21.1 Å². The molecule has 0 radical (unpaired) electrons. The molecule has 1 atom stereocenters. The fourth-order valence-corrected chi connectivity index (χ4v) is 5.79. The Kier molecular flexibility index (Phi) is 8.71. The van der Waals surface area contributed by atoms with E-state index >= 15 is 0 Å². The number of alkyl halides is 3. The summed E-state index contributed by atoms with van der Waals surface area (Å²) in [5, 5.41) is 17.1. The molecule has 0 saturated heterocycles. The monoisotopic (exact) mass is 613 g/mol. The van der Waals surface area contributed by atoms with Gasteiger partial charge in [0.25, 0.3) is 0 Å². The standard InChI is InChI=1S/C32H31ClF3N3O4/c1-4-23-26(29(38-39(23)3)30(40)32(34,35)36)25-22(33)16-15-21-20(28(37-27(21)25)31(41)42-5-2)13-9-17-43-24-14-8-11-18-10-6-7-12-19(18)24/h6-8,10-12,14-16,30,37,40H,4-5,9,13,17H2,1-3H3. The van der Waals surface area contributed by atoms with Gasteiger partial charge in [0.1, 0.15) is 17.1 Å². The molecule has 3 aromatic carbocycles. The van der Waals surface area contributed by atoms with Crippen LogP contribution in [0.5, 0.6) is 5.75 Å². The summed E-state index contributed by atoms with van der Waals surface area (Å²) in [6, 6.07) is 17.0. The Labute approximate surface area is 251 Å². The quantitative estimate of drug-likeness (QED) is 0.124. The number of nitrogens with one attached hydrogen (secondary N) is 1. The number of ether oxygens (including phenoxy) is 2. The molecule has 226 valence electrons. The molecular weight excluding hydrogens is 583 g/mol. The first kappa shape index (κ1) is 30.4. The molecule has 2 heterocycles. The van der Waals surface area contributed by atoms with Crippen LogP contribution in [0.3, 0.4) is 0 Å². The summed E-state index contributed by atoms with van der Waals surface area (Å²) in [5.41, 5.74) is 1.37. The van der Waals surface area contributed by atoms with Crippen molar-refractivity contribution in [2.24, 2.45) is 7.05 Å². The number of benzene rings is 3. The van der Waals surface area contributed by atoms with Crippen LogP contribution in [0.1, 0.15) is 53.8 Å². The number of aliphatic hydroxyl groups excluding tert-OH is 1. The molecule has 2 aromatic heterocycles. The number of hydrogen-bond donors (Lipinski definition) is 2. The minimum atomic E-state index is -4.95. The second-order valence-corrected chi connectivity index (χ2v) is 10.5. The molecule has 5 aromatic rings. The van der Waals surface area contributed by atoms with Crippen molar-refractivity contribution in [3.63, 3.8) is 0 Å². The van der Waals surface area contributed by atoms with Gasteiger partial charge in [-0.3, -0.25) is 4.68 Å². The average Bonchev–Trinajstić information content (AvgIpc) is 3.51. The van der Waals surface area contributed by atoms with Crippen molar-refractivity contribution in [1.29, 1.82) is 0 Å². The van der Waals surface area contributed by atoms with Gasteiger partial charge in [0.15, 0.2) is 6.10 Å². The SMILES string of the molecule is CCOC(=O)c1[nH]c2c(-c3c(C(O)C(F)(F)F)nn(C)c3CC)c(Cl)ccc2c1CCCOc1cccc2ccccc12. The van der Waals surface area contributed by atoms with Crippen LogP contribution in [0.25, 0.3) is 32.8 Å². The highest BCUT2D eigenvalue weighted by atomic mass is 35.5. The molecule has 0 aliphatic rings. The van der Waals surface area contributed by atoms with Crippen molar-refractivity contribution in [3.05, 3.63) is 82.3 Å². The van der Waals surface area contributed by atoms with Gasteiger partial charge in [-0.25, -0.2) is 4.79 Å². The van der Waals surface area contributed by atoms with E-state index in [-0.39, 0.29) is 28.5 Å². The molecule has 2 N–H and O–H groups in total. The highest BCUT2D eigenvalue weighted by molar-refractivity contribution is 6.35. The third kappa shape index (κ3) is 5.81. The number of aromatic nitrogens is 3. The van der Waals surface area contributed by atoms with Crippen LogP contribution >= 0.6 is 11.6 Å². The number of aryl methyl sites for hydroxylation is 2. The molecule has 43 heavy (non-hydrogen) atoms. The van der Waals surface area contributed by atoms with Crippen molar-refractivity contribution in [2.45, 2.75) is 45.4 Å². The fourth-order valence-electron chi connectivity index (χ4n) is 5.53. The molecule has 0 aliphatic heterocycles. The lowest BCUT2D eigenvalue weighted by atomic mass is 9.95. The molecule has 11 heteroatoms. The van der Waals surface area contributed by atoms with E-state index in [1.165, 1.54) is 11.7 Å². The highest BCUT2D eigenvalue weighted by Crippen LogP contribution is 2.45. The minimum absolute atomic E-state index is 0.0768. The lowest BCUT2D eigenvalue weighted by Gasteiger charge is -2.16. The highest BCUT2D eigenvalue weighted by Gasteiger charge is 2.43. The van der Waals surface area contributed by atoms with Gasteiger partial charge < -0.3 is 19.6 Å². The summed E-state index contributed by atoms with van der Waals surface area (Å²) in [4.78, 5) is 16.2. The zero-order valence-electron chi connectivity index (χ0n) is 23.9. The summed E-state index contributed by atoms with van der Waals surface area (Å²) in [7, 11) is 1.52. The number of aliphatic hydroxyl groups is 1. The molecule has 7 nitrogen and oxygen atoms in total. The first-order chi connectivity index (χ1) is 20.6. The Morgan fingerprint density at radius 2 is 1.81 bits per heavy atom. The van der Waals surface area contributed by atoms with Crippen molar-refractivity contribution in [2.75, 3.05) is 13.2 Å². The third-order valence-corrected chi connectivity index (χ3v) is 7.75. The van der Waals surface area contributed by atoms with Gasteiger partial charge in [-0.2, -0.15) is 18.3 Å². The lowest BCUT2D eigenvalue weighted by Crippen LogP contribution is -2.21. The average molecular weight is 614 g/mol. The van der Waals surface area contributed by atoms with Gasteiger partial charge in [-0.05, 0) is 49.3 Å². The van der Waals surface area contributed by atoms with Crippen molar-refractivity contribution >= 4 is 39.2 Å². The number of hydrogen-bond acceptors (Lipinski definition) is 5. The number of esters is 1. The Bertz CT molecular complexity index is 1790. The second kappa shape index (κ2) is 12.3. The summed E-state index contributed by atoms with van der Waals surface area (Å²) in [6.07, 6.45) is -6.52. The molecule has 0 saturated carbocycles. The van der Waals surface area contributed by atoms with Crippen LogP contribution in [0.15, 0.2) is 54.6 Å². The molecule has 0 fully saturated rings. The Hall–Kier alpha value is -4.02. The number of fused-ring (bicyclic) bond motifs is 2. The van der Waals surface area contributed by atoms with Crippen LogP contribution in [0.4, 0.5) is 13.2 Å². The topological polar surface area (TPSA) is 89.4 Å². The second-order valence-electron chi connectivity index (χ2n) is 10.1. The molecule has 0 spiro atoms. The van der Waals surface area contributed by atoms with Crippen LogP contribution in [-0.2, 0) is 24.6 Å². The maximum atomic E-state index is 13.7. The van der Waals surface area contributed by atoms with Crippen LogP contribution < -0.4 is 4.74 Å². The molecular formula is C32H31ClF3N3O4. The first-order valence-corrected chi connectivity index (χ1v) is 14.4. The lowest BCUT2D eigenvalue weighted by molar-refractivity contribution is -0.207. The third-order valence-electron chi connectivity index (χ3n) is 7.44. The Morgan fingerprint density at radius 1 is 1.07 bits per heavy atom. The van der Waals surface area contributed by atoms with Gasteiger partial charge in [-0.1, -0.05) is 61.0 Å². The van der Waals surface area contributed by atoms with E-state index in [0.717, 1.165) is 16.5 Å². The van der Waals surface area contributed by atoms with Crippen molar-refractivity contribution < 1.29 is 32.5 Å². The predicted octanol–water partition coefficient (Wildman–Crippen LogP) is 7.72. The number of carbonyl (C=O) groups is 1. The zero-order chi connectivity index (χ0) is 30.9. The maximum absolute atomic E-state index is 13.7. The molecule has 5 rings (SSSR count). The van der Waals surface area contributed by atoms with Crippen LogP contribution in [0, 0.1) is 0 Å². The van der Waals surface area contributed by atoms with E-state index in [2.05, 4.69) is 10.1 Å². The van der Waals surface area contributed by atoms with E-state index in [9.17, 15) is 23.1 Å². The maximum Gasteiger partial charge on any atom is 0.420 e. The smallest absolute Gasteiger partial charge is 0.420 e. The molecule has 0 amide bonds. The van der Waals surface area contributed by atoms with Gasteiger partial charge in [0.05, 0.1) is 23.8 Å². The first-order valence-electron chi connectivity index (χ1n) is 14.0. The van der Waals surface area contributed by atoms with Gasteiger partial charge in [-0.15, -0.1) is 0 Å². The van der Waals surface area contributed by atoms with E-state index in [0.29, 0.717) is 48.0 Å². The van der Waals surface area contributed by atoms with Crippen LogP contribution in [-0.4, -0.2) is 45.2 Å².